The minimum Gasteiger partial charge on any atom is -0.347 e. The van der Waals surface area contributed by atoms with Gasteiger partial charge in [-0.2, -0.15) is 0 Å². The molecule has 6 nitrogen and oxygen atoms in total. The molecule has 7 heteroatoms. The van der Waals surface area contributed by atoms with Crippen molar-refractivity contribution in [3.63, 3.8) is 0 Å². The quantitative estimate of drug-likeness (QED) is 0.623. The number of aromatic amines is 1. The van der Waals surface area contributed by atoms with Gasteiger partial charge in [-0.3, -0.25) is 0 Å². The van der Waals surface area contributed by atoms with Crippen LogP contribution in [0.15, 0.2) is 12.4 Å². The van der Waals surface area contributed by atoms with Crippen molar-refractivity contribution in [1.82, 2.24) is 20.0 Å². The smallest absolute Gasteiger partial charge is 0.215 e. The van der Waals surface area contributed by atoms with Gasteiger partial charge in [0.1, 0.15) is 5.82 Å². The van der Waals surface area contributed by atoms with Gasteiger partial charge in [-0.1, -0.05) is 6.92 Å². The van der Waals surface area contributed by atoms with Crippen LogP contribution in [0.25, 0.3) is 0 Å². The van der Waals surface area contributed by atoms with E-state index in [1.165, 1.54) is 0 Å². The Bertz CT molecular complexity index is 388. The van der Waals surface area contributed by atoms with Gasteiger partial charge >= 0.3 is 0 Å². The molecule has 0 amide bonds. The maximum atomic E-state index is 11.7. The highest BCUT2D eigenvalue weighted by Gasteiger charge is 2.19. The Kier molecular flexibility index (Phi) is 4.91. The van der Waals surface area contributed by atoms with Crippen LogP contribution < -0.4 is 10.0 Å². The van der Waals surface area contributed by atoms with E-state index in [4.69, 9.17) is 0 Å². The van der Waals surface area contributed by atoms with E-state index >= 15 is 0 Å². The average molecular weight is 246 g/mol. The van der Waals surface area contributed by atoms with E-state index in [9.17, 15) is 8.42 Å². The maximum absolute atomic E-state index is 11.7. The third-order valence-corrected chi connectivity index (χ3v) is 3.98. The highest BCUT2D eigenvalue weighted by atomic mass is 32.2. The molecule has 0 aliphatic rings. The van der Waals surface area contributed by atoms with Gasteiger partial charge in [-0.25, -0.2) is 18.1 Å². The third kappa shape index (κ3) is 3.92. The van der Waals surface area contributed by atoms with Crippen LogP contribution in [0.1, 0.15) is 19.7 Å². The Labute approximate surface area is 95.9 Å². The summed E-state index contributed by atoms with van der Waals surface area (Å²) in [7, 11) is -3.28. The molecule has 0 bridgehead atoms. The molecular formula is C9H18N4O2S. The van der Waals surface area contributed by atoms with E-state index in [-0.39, 0.29) is 6.54 Å². The van der Waals surface area contributed by atoms with Gasteiger partial charge in [-0.05, 0) is 13.5 Å². The molecule has 1 atom stereocenters. The normalized spacial score (nSPS) is 13.9. The van der Waals surface area contributed by atoms with Crippen LogP contribution in [-0.4, -0.2) is 36.7 Å². The Morgan fingerprint density at radius 1 is 1.56 bits per heavy atom. The number of nitrogens with zero attached hydrogens (tertiary/aromatic N) is 1. The van der Waals surface area contributed by atoms with E-state index in [0.29, 0.717) is 12.4 Å². The summed E-state index contributed by atoms with van der Waals surface area (Å²) in [6.45, 7) is 5.02. The lowest BCUT2D eigenvalue weighted by Gasteiger charge is -2.13. The van der Waals surface area contributed by atoms with Crippen molar-refractivity contribution in [1.29, 1.82) is 0 Å². The van der Waals surface area contributed by atoms with Crippen LogP contribution in [-0.2, 0) is 16.6 Å². The molecule has 0 aromatic carbocycles. The topological polar surface area (TPSA) is 86.9 Å². The van der Waals surface area contributed by atoms with Crippen LogP contribution >= 0.6 is 0 Å². The summed E-state index contributed by atoms with van der Waals surface area (Å²) in [5.74, 6) is 0.610. The Hall–Kier alpha value is -0.920. The van der Waals surface area contributed by atoms with Crippen molar-refractivity contribution in [2.75, 3.05) is 13.1 Å². The first-order chi connectivity index (χ1) is 7.56. The van der Waals surface area contributed by atoms with Crippen molar-refractivity contribution in [2.45, 2.75) is 25.6 Å². The molecule has 16 heavy (non-hydrogen) atoms. The molecule has 92 valence electrons. The lowest BCUT2D eigenvalue weighted by molar-refractivity contribution is 0.558. The predicted octanol–water partition coefficient (Wildman–Crippen LogP) is -0.173. The first-order valence-electron chi connectivity index (χ1n) is 5.23. The van der Waals surface area contributed by atoms with Gasteiger partial charge in [0.25, 0.3) is 0 Å². The Morgan fingerprint density at radius 2 is 2.31 bits per heavy atom. The lowest BCUT2D eigenvalue weighted by Crippen LogP contribution is -2.38. The van der Waals surface area contributed by atoms with Gasteiger partial charge < -0.3 is 10.3 Å². The van der Waals surface area contributed by atoms with Crippen molar-refractivity contribution in [3.8, 4) is 0 Å². The molecule has 0 fully saturated rings. The van der Waals surface area contributed by atoms with Crippen LogP contribution in [0, 0.1) is 0 Å². The number of nitrogens with one attached hydrogen (secondary N) is 3. The van der Waals surface area contributed by atoms with E-state index < -0.39 is 15.3 Å². The number of hydrogen-bond acceptors (Lipinski definition) is 4. The molecule has 0 saturated carbocycles. The highest BCUT2D eigenvalue weighted by molar-refractivity contribution is 7.90. The monoisotopic (exact) mass is 246 g/mol. The summed E-state index contributed by atoms with van der Waals surface area (Å²) in [5, 5.41) is 2.55. The second-order valence-electron chi connectivity index (χ2n) is 3.52. The number of sulfonamides is 1. The van der Waals surface area contributed by atoms with Crippen molar-refractivity contribution in [3.05, 3.63) is 18.2 Å². The third-order valence-electron chi connectivity index (χ3n) is 2.21. The average Bonchev–Trinajstić information content (AvgIpc) is 2.76. The molecule has 0 aliphatic carbocycles. The van der Waals surface area contributed by atoms with E-state index in [0.717, 1.165) is 6.54 Å². The fraction of sp³-hybridized carbons (Fsp3) is 0.667. The first-order valence-corrected chi connectivity index (χ1v) is 6.78. The fourth-order valence-corrected chi connectivity index (χ4v) is 2.12. The summed E-state index contributed by atoms with van der Waals surface area (Å²) >= 11 is 0. The zero-order valence-corrected chi connectivity index (χ0v) is 10.3. The molecule has 0 aliphatic heterocycles. The van der Waals surface area contributed by atoms with Gasteiger partial charge in [0.2, 0.25) is 10.0 Å². The number of hydrogen-bond donors (Lipinski definition) is 3. The number of rotatable bonds is 7. The summed E-state index contributed by atoms with van der Waals surface area (Å²) in [6, 6.07) is 0. The van der Waals surface area contributed by atoms with Gasteiger partial charge in [0, 0.05) is 18.9 Å². The predicted molar refractivity (Wildman–Crippen MR) is 62.4 cm³/mol. The summed E-state index contributed by atoms with van der Waals surface area (Å²) < 4.78 is 26.0. The van der Waals surface area contributed by atoms with Crippen molar-refractivity contribution >= 4 is 10.0 Å². The lowest BCUT2D eigenvalue weighted by atomic mass is 10.5. The van der Waals surface area contributed by atoms with E-state index in [1.54, 1.807) is 19.3 Å². The standard InChI is InChI=1S/C9H18N4O2S/c1-3-10-6-8(2)16(14,15)13-7-9-11-4-5-12-9/h4-5,8,10,13H,3,6-7H2,1-2H3,(H,11,12). The minimum atomic E-state index is -3.28. The molecule has 0 spiro atoms. The number of imidazole rings is 1. The summed E-state index contributed by atoms with van der Waals surface area (Å²) in [4.78, 5) is 6.78. The Balaban J connectivity index is 2.45. The number of H-pyrrole nitrogens is 1. The second-order valence-corrected chi connectivity index (χ2v) is 5.70. The molecule has 1 heterocycles. The second kappa shape index (κ2) is 5.97. The minimum absolute atomic E-state index is 0.200. The summed E-state index contributed by atoms with van der Waals surface area (Å²) in [6.07, 6.45) is 3.25. The van der Waals surface area contributed by atoms with Crippen molar-refractivity contribution in [2.24, 2.45) is 0 Å². The zero-order valence-electron chi connectivity index (χ0n) is 9.53. The van der Waals surface area contributed by atoms with E-state index in [1.807, 2.05) is 6.92 Å². The van der Waals surface area contributed by atoms with Crippen LogP contribution in [0.3, 0.4) is 0 Å². The van der Waals surface area contributed by atoms with Gasteiger partial charge in [0.15, 0.2) is 0 Å². The summed E-state index contributed by atoms with van der Waals surface area (Å²) in [5.41, 5.74) is 0. The molecule has 0 radical (unpaired) electrons. The molecule has 3 N–H and O–H groups in total. The molecule has 1 aromatic rings. The van der Waals surface area contributed by atoms with Crippen molar-refractivity contribution < 1.29 is 8.42 Å². The SMILES string of the molecule is CCNCC(C)S(=O)(=O)NCc1ncc[nH]1. The fourth-order valence-electron chi connectivity index (χ4n) is 1.16. The molecule has 1 rings (SSSR count). The first kappa shape index (κ1) is 13.1. The number of aromatic nitrogens is 2. The van der Waals surface area contributed by atoms with Crippen LogP contribution in [0.4, 0.5) is 0 Å². The molecule has 1 unspecified atom stereocenters. The van der Waals surface area contributed by atoms with E-state index in [2.05, 4.69) is 20.0 Å². The van der Waals surface area contributed by atoms with Crippen LogP contribution in [0.2, 0.25) is 0 Å². The Morgan fingerprint density at radius 3 is 2.88 bits per heavy atom. The van der Waals surface area contributed by atoms with Gasteiger partial charge in [0.05, 0.1) is 11.8 Å². The largest absolute Gasteiger partial charge is 0.347 e. The molecular weight excluding hydrogens is 228 g/mol. The molecule has 0 saturated heterocycles. The molecule has 1 aromatic heterocycles. The van der Waals surface area contributed by atoms with Crippen LogP contribution in [0.5, 0.6) is 0 Å². The highest BCUT2D eigenvalue weighted by Crippen LogP contribution is 1.98. The zero-order chi connectivity index (χ0) is 12.0. The van der Waals surface area contributed by atoms with Gasteiger partial charge in [-0.15, -0.1) is 0 Å². The maximum Gasteiger partial charge on any atom is 0.215 e.